The summed E-state index contributed by atoms with van der Waals surface area (Å²) in [5.74, 6) is 0.417. The number of rotatable bonds is 4. The van der Waals surface area contributed by atoms with E-state index in [-0.39, 0.29) is 5.75 Å². The molecule has 1 N–H and O–H groups in total. The van der Waals surface area contributed by atoms with Crippen LogP contribution >= 0.6 is 11.3 Å². The van der Waals surface area contributed by atoms with E-state index < -0.39 is 0 Å². The van der Waals surface area contributed by atoms with E-state index in [1.165, 1.54) is 18.4 Å². The molecule has 0 atom stereocenters. The van der Waals surface area contributed by atoms with Crippen LogP contribution in [0.3, 0.4) is 0 Å². The number of hydrogen-bond donors (Lipinski definition) is 1. The van der Waals surface area contributed by atoms with Crippen LogP contribution in [0.15, 0.2) is 48.1 Å². The Balaban J connectivity index is 1.94. The lowest BCUT2D eigenvalue weighted by Crippen LogP contribution is -1.85. The Hall–Kier alpha value is -3.17. The molecule has 0 aliphatic rings. The third-order valence-electron chi connectivity index (χ3n) is 3.35. The monoisotopic (exact) mass is 335 g/mol. The van der Waals surface area contributed by atoms with Crippen LogP contribution in [-0.2, 0) is 0 Å². The number of thiazole rings is 1. The highest BCUT2D eigenvalue weighted by atomic mass is 32.1. The normalized spacial score (nSPS) is 11.1. The van der Waals surface area contributed by atoms with Gasteiger partial charge in [-0.3, -0.25) is 4.98 Å². The lowest BCUT2D eigenvalue weighted by molar-refractivity contribution is 0.373. The van der Waals surface area contributed by atoms with E-state index >= 15 is 0 Å². The van der Waals surface area contributed by atoms with Crippen molar-refractivity contribution < 1.29 is 9.84 Å². The molecule has 118 valence electrons. The molecule has 0 aliphatic carbocycles. The topological polar surface area (TPSA) is 79.0 Å². The quantitative estimate of drug-likeness (QED) is 0.730. The molecule has 0 radical (unpaired) electrons. The molecular formula is C18H13N3O2S. The van der Waals surface area contributed by atoms with Gasteiger partial charge >= 0.3 is 0 Å². The summed E-state index contributed by atoms with van der Waals surface area (Å²) >= 11 is 1.40. The Morgan fingerprint density at radius 3 is 2.75 bits per heavy atom. The van der Waals surface area contributed by atoms with Crippen molar-refractivity contribution in [3.05, 3.63) is 58.7 Å². The molecule has 2 aromatic heterocycles. The molecule has 0 fully saturated rings. The number of nitrogens with zero attached hydrogens (tertiary/aromatic N) is 3. The van der Waals surface area contributed by atoms with E-state index in [0.717, 1.165) is 11.3 Å². The van der Waals surface area contributed by atoms with Crippen molar-refractivity contribution in [1.82, 2.24) is 9.97 Å². The summed E-state index contributed by atoms with van der Waals surface area (Å²) in [7, 11) is 1.49. The Morgan fingerprint density at radius 1 is 1.29 bits per heavy atom. The van der Waals surface area contributed by atoms with Crippen LogP contribution in [0.5, 0.6) is 11.5 Å². The molecule has 3 rings (SSSR count). The van der Waals surface area contributed by atoms with Gasteiger partial charge in [-0.25, -0.2) is 4.98 Å². The van der Waals surface area contributed by atoms with Crippen LogP contribution in [0.4, 0.5) is 0 Å². The van der Waals surface area contributed by atoms with Crippen molar-refractivity contribution in [3.63, 3.8) is 0 Å². The van der Waals surface area contributed by atoms with E-state index in [4.69, 9.17) is 4.74 Å². The lowest BCUT2D eigenvalue weighted by Gasteiger charge is -2.03. The van der Waals surface area contributed by atoms with E-state index in [9.17, 15) is 10.4 Å². The Morgan fingerprint density at radius 2 is 2.08 bits per heavy atom. The molecule has 24 heavy (non-hydrogen) atoms. The van der Waals surface area contributed by atoms with Crippen molar-refractivity contribution in [3.8, 4) is 28.8 Å². The van der Waals surface area contributed by atoms with E-state index in [0.29, 0.717) is 21.9 Å². The fourth-order valence-electron chi connectivity index (χ4n) is 2.16. The number of aromatic hydroxyl groups is 1. The van der Waals surface area contributed by atoms with Gasteiger partial charge < -0.3 is 9.84 Å². The van der Waals surface area contributed by atoms with E-state index in [1.54, 1.807) is 36.7 Å². The molecule has 0 spiro atoms. The minimum Gasteiger partial charge on any atom is -0.504 e. The maximum absolute atomic E-state index is 9.84. The summed E-state index contributed by atoms with van der Waals surface area (Å²) < 4.78 is 5.02. The minimum absolute atomic E-state index is 0.0279. The van der Waals surface area contributed by atoms with Crippen LogP contribution in [0.2, 0.25) is 0 Å². The molecule has 5 nitrogen and oxygen atoms in total. The highest BCUT2D eigenvalue weighted by molar-refractivity contribution is 7.11. The van der Waals surface area contributed by atoms with Crippen molar-refractivity contribution >= 4 is 23.0 Å². The molecule has 6 heteroatoms. The smallest absolute Gasteiger partial charge is 0.160 e. The van der Waals surface area contributed by atoms with Crippen molar-refractivity contribution in [2.75, 3.05) is 7.11 Å². The second-order valence-electron chi connectivity index (χ2n) is 4.87. The fourth-order valence-corrected chi connectivity index (χ4v) is 2.95. The molecule has 1 aromatic carbocycles. The molecule has 0 unspecified atom stereocenters. The lowest BCUT2D eigenvalue weighted by atomic mass is 10.1. The van der Waals surface area contributed by atoms with Crippen LogP contribution in [-0.4, -0.2) is 22.2 Å². The molecule has 0 saturated carbocycles. The summed E-state index contributed by atoms with van der Waals surface area (Å²) in [6.45, 7) is 0. The van der Waals surface area contributed by atoms with Crippen molar-refractivity contribution in [1.29, 1.82) is 5.26 Å². The number of aromatic nitrogens is 2. The fraction of sp³-hybridized carbons (Fsp3) is 0.0556. The number of benzene rings is 1. The van der Waals surface area contributed by atoms with E-state index in [2.05, 4.69) is 16.0 Å². The average molecular weight is 335 g/mol. The number of ether oxygens (including phenoxy) is 1. The molecule has 0 bridgehead atoms. The number of methoxy groups -OCH3 is 1. The number of allylic oxidation sites excluding steroid dienone is 1. The number of phenolic OH excluding ortho intramolecular Hbond substituents is 1. The first-order valence-electron chi connectivity index (χ1n) is 7.06. The predicted molar refractivity (Wildman–Crippen MR) is 93.5 cm³/mol. The van der Waals surface area contributed by atoms with Gasteiger partial charge in [-0.05, 0) is 35.9 Å². The minimum atomic E-state index is 0.0279. The van der Waals surface area contributed by atoms with Crippen molar-refractivity contribution in [2.24, 2.45) is 0 Å². The zero-order valence-corrected chi connectivity index (χ0v) is 13.6. The summed E-state index contributed by atoms with van der Waals surface area (Å²) in [4.78, 5) is 8.50. The SMILES string of the molecule is COc1ccc(/C=C(/C#N)c2nc(-c3ccncc3)cs2)cc1O. The van der Waals surface area contributed by atoms with Gasteiger partial charge in [0.25, 0.3) is 0 Å². The van der Waals surface area contributed by atoms with Gasteiger partial charge in [-0.1, -0.05) is 6.07 Å². The molecular weight excluding hydrogens is 322 g/mol. The van der Waals surface area contributed by atoms with Crippen LogP contribution in [0, 0.1) is 11.3 Å². The number of nitriles is 1. The molecule has 0 saturated heterocycles. The second-order valence-corrected chi connectivity index (χ2v) is 5.73. The van der Waals surface area contributed by atoms with Gasteiger partial charge in [-0.2, -0.15) is 5.26 Å². The summed E-state index contributed by atoms with van der Waals surface area (Å²) in [6.07, 6.45) is 5.10. The Bertz CT molecular complexity index is 927. The maximum Gasteiger partial charge on any atom is 0.160 e. The highest BCUT2D eigenvalue weighted by Gasteiger charge is 2.10. The van der Waals surface area contributed by atoms with Gasteiger partial charge in [-0.15, -0.1) is 11.3 Å². The zero-order valence-electron chi connectivity index (χ0n) is 12.8. The molecule has 0 aliphatic heterocycles. The van der Waals surface area contributed by atoms with Crippen molar-refractivity contribution in [2.45, 2.75) is 0 Å². The third-order valence-corrected chi connectivity index (χ3v) is 4.22. The highest BCUT2D eigenvalue weighted by Crippen LogP contribution is 2.30. The number of pyridine rings is 1. The molecule has 3 aromatic rings. The van der Waals surface area contributed by atoms with Gasteiger partial charge in [0.1, 0.15) is 11.1 Å². The first-order chi connectivity index (χ1) is 11.7. The second kappa shape index (κ2) is 6.94. The first kappa shape index (κ1) is 15.7. The predicted octanol–water partition coefficient (Wildman–Crippen LogP) is 3.98. The third kappa shape index (κ3) is 3.26. The standard InChI is InChI=1S/C18H13N3O2S/c1-23-17-3-2-12(9-16(17)22)8-14(10-19)18-21-15(11-24-18)13-4-6-20-7-5-13/h2-9,11,22H,1H3/b14-8-. The van der Waals surface area contributed by atoms with Gasteiger partial charge in [0.2, 0.25) is 0 Å². The van der Waals surface area contributed by atoms with Gasteiger partial charge in [0.05, 0.1) is 18.4 Å². The average Bonchev–Trinajstić information content (AvgIpc) is 3.10. The number of hydrogen-bond acceptors (Lipinski definition) is 6. The van der Waals surface area contributed by atoms with Crippen LogP contribution < -0.4 is 4.74 Å². The summed E-state index contributed by atoms with van der Waals surface area (Å²) in [5, 5.41) is 21.8. The maximum atomic E-state index is 9.84. The first-order valence-corrected chi connectivity index (χ1v) is 7.94. The molecule has 2 heterocycles. The Kier molecular flexibility index (Phi) is 4.54. The molecule has 0 amide bonds. The van der Waals surface area contributed by atoms with Crippen LogP contribution in [0.1, 0.15) is 10.6 Å². The Labute approximate surface area is 143 Å². The number of phenols is 1. The van der Waals surface area contributed by atoms with E-state index in [1.807, 2.05) is 17.5 Å². The van der Waals surface area contributed by atoms with Gasteiger partial charge in [0.15, 0.2) is 11.5 Å². The van der Waals surface area contributed by atoms with Gasteiger partial charge in [0, 0.05) is 23.3 Å². The van der Waals surface area contributed by atoms with Crippen LogP contribution in [0.25, 0.3) is 22.9 Å². The summed E-state index contributed by atoms with van der Waals surface area (Å²) in [5.41, 5.74) is 2.89. The summed E-state index contributed by atoms with van der Waals surface area (Å²) in [6, 6.07) is 10.9. The largest absolute Gasteiger partial charge is 0.504 e. The zero-order chi connectivity index (χ0) is 16.9.